The zero-order valence-electron chi connectivity index (χ0n) is 15.9. The van der Waals surface area contributed by atoms with E-state index in [0.717, 1.165) is 5.69 Å². The number of nitrogens with zero attached hydrogens (tertiary/aromatic N) is 1. The zero-order valence-corrected chi connectivity index (χ0v) is 16.7. The standard InChI is InChI=1S/C18H23NO7S/c1-9-6-7-14(10(2)19-9)26-18-17(25-13(5)22)16(24-12(4)21)15(8-27-18)23-11(3)20/h6-7,15-18H,8H2,1-5H3/t15-,16+,17-,18+/m1/s1. The van der Waals surface area contributed by atoms with Crippen molar-refractivity contribution in [3.63, 3.8) is 0 Å². The van der Waals surface area contributed by atoms with Crippen LogP contribution in [0.5, 0.6) is 5.75 Å². The van der Waals surface area contributed by atoms with Gasteiger partial charge in [0.25, 0.3) is 0 Å². The average Bonchev–Trinajstić information content (AvgIpc) is 2.53. The van der Waals surface area contributed by atoms with E-state index in [1.165, 1.54) is 32.5 Å². The van der Waals surface area contributed by atoms with Crippen molar-refractivity contribution in [3.8, 4) is 5.75 Å². The van der Waals surface area contributed by atoms with Gasteiger partial charge < -0.3 is 18.9 Å². The van der Waals surface area contributed by atoms with Crippen molar-refractivity contribution in [2.75, 3.05) is 5.75 Å². The van der Waals surface area contributed by atoms with Crippen molar-refractivity contribution in [1.82, 2.24) is 4.98 Å². The molecule has 0 spiro atoms. The number of rotatable bonds is 5. The minimum atomic E-state index is -0.972. The van der Waals surface area contributed by atoms with E-state index < -0.39 is 41.7 Å². The van der Waals surface area contributed by atoms with E-state index in [0.29, 0.717) is 17.2 Å². The summed E-state index contributed by atoms with van der Waals surface area (Å²) in [5.41, 5.74) is 0.872. The molecule has 0 radical (unpaired) electrons. The summed E-state index contributed by atoms with van der Waals surface area (Å²) >= 11 is 1.31. The molecule has 4 atom stereocenters. The van der Waals surface area contributed by atoms with Crippen molar-refractivity contribution in [3.05, 3.63) is 23.5 Å². The molecular weight excluding hydrogens is 374 g/mol. The Morgan fingerprint density at radius 1 is 0.963 bits per heavy atom. The van der Waals surface area contributed by atoms with E-state index in [1.807, 2.05) is 19.9 Å². The third-order valence-corrected chi connectivity index (χ3v) is 4.94. The molecule has 2 heterocycles. The van der Waals surface area contributed by atoms with Crippen LogP contribution in [0.4, 0.5) is 0 Å². The SMILES string of the molecule is CC(=O)O[C@@H]1[C@@H](OC(C)=O)[C@@H](Oc2ccc(C)nc2C)SC[C@H]1OC(C)=O. The number of carbonyl (C=O) groups excluding carboxylic acids is 3. The van der Waals surface area contributed by atoms with E-state index in [9.17, 15) is 14.4 Å². The lowest BCUT2D eigenvalue weighted by molar-refractivity contribution is -0.186. The van der Waals surface area contributed by atoms with Gasteiger partial charge in [-0.1, -0.05) is 0 Å². The van der Waals surface area contributed by atoms with Crippen molar-refractivity contribution in [2.24, 2.45) is 0 Å². The van der Waals surface area contributed by atoms with Gasteiger partial charge in [-0.05, 0) is 26.0 Å². The number of aromatic nitrogens is 1. The predicted octanol–water partition coefficient (Wildman–Crippen LogP) is 1.95. The highest BCUT2D eigenvalue weighted by Crippen LogP contribution is 2.34. The van der Waals surface area contributed by atoms with Gasteiger partial charge in [0, 0.05) is 32.2 Å². The molecule has 0 N–H and O–H groups in total. The van der Waals surface area contributed by atoms with Crippen molar-refractivity contribution in [2.45, 2.75) is 58.4 Å². The molecule has 0 saturated carbocycles. The molecule has 9 heteroatoms. The van der Waals surface area contributed by atoms with Gasteiger partial charge in [-0.3, -0.25) is 19.4 Å². The number of esters is 3. The molecule has 27 heavy (non-hydrogen) atoms. The number of pyridine rings is 1. The fourth-order valence-electron chi connectivity index (χ4n) is 2.73. The first kappa shape index (κ1) is 21.0. The monoisotopic (exact) mass is 397 g/mol. The number of carbonyl (C=O) groups is 3. The van der Waals surface area contributed by atoms with Crippen LogP contribution in [0.15, 0.2) is 12.1 Å². The van der Waals surface area contributed by atoms with Crippen LogP contribution in [-0.2, 0) is 28.6 Å². The first-order valence-electron chi connectivity index (χ1n) is 8.41. The van der Waals surface area contributed by atoms with Gasteiger partial charge in [0.15, 0.2) is 23.7 Å². The van der Waals surface area contributed by atoms with Crippen molar-refractivity contribution in [1.29, 1.82) is 0 Å². The highest BCUT2D eigenvalue weighted by Gasteiger charge is 2.47. The largest absolute Gasteiger partial charge is 0.474 e. The van der Waals surface area contributed by atoms with Crippen LogP contribution >= 0.6 is 11.8 Å². The van der Waals surface area contributed by atoms with Crippen LogP contribution in [0, 0.1) is 13.8 Å². The molecule has 1 fully saturated rings. The van der Waals surface area contributed by atoms with Gasteiger partial charge in [-0.2, -0.15) is 0 Å². The van der Waals surface area contributed by atoms with Gasteiger partial charge in [-0.25, -0.2) is 0 Å². The second-order valence-corrected chi connectivity index (χ2v) is 7.28. The van der Waals surface area contributed by atoms with Crippen LogP contribution < -0.4 is 4.74 Å². The van der Waals surface area contributed by atoms with Crippen LogP contribution in [0.3, 0.4) is 0 Å². The Morgan fingerprint density at radius 3 is 2.11 bits per heavy atom. The fraction of sp³-hybridized carbons (Fsp3) is 0.556. The molecule has 1 aliphatic rings. The molecule has 8 nitrogen and oxygen atoms in total. The number of hydrogen-bond acceptors (Lipinski definition) is 9. The number of hydrogen-bond donors (Lipinski definition) is 0. The van der Waals surface area contributed by atoms with Crippen LogP contribution in [-0.4, -0.2) is 52.4 Å². The fourth-order valence-corrected chi connectivity index (χ4v) is 3.94. The normalized spacial score (nSPS) is 24.6. The van der Waals surface area contributed by atoms with E-state index in [-0.39, 0.29) is 0 Å². The predicted molar refractivity (Wildman–Crippen MR) is 97.2 cm³/mol. The van der Waals surface area contributed by atoms with Crippen LogP contribution in [0.1, 0.15) is 32.2 Å². The van der Waals surface area contributed by atoms with E-state index in [1.54, 1.807) is 6.07 Å². The Kier molecular flexibility index (Phi) is 7.06. The minimum Gasteiger partial charge on any atom is -0.474 e. The molecule has 1 aromatic heterocycles. The molecule has 1 aromatic rings. The summed E-state index contributed by atoms with van der Waals surface area (Å²) in [6.45, 7) is 7.43. The molecule has 2 rings (SSSR count). The maximum atomic E-state index is 11.6. The van der Waals surface area contributed by atoms with Gasteiger partial charge >= 0.3 is 17.9 Å². The minimum absolute atomic E-state index is 0.318. The summed E-state index contributed by atoms with van der Waals surface area (Å²) < 4.78 is 22.0. The Balaban J connectivity index is 2.30. The third kappa shape index (κ3) is 5.85. The van der Waals surface area contributed by atoms with Crippen LogP contribution in [0.2, 0.25) is 0 Å². The molecule has 0 aliphatic carbocycles. The molecule has 1 saturated heterocycles. The van der Waals surface area contributed by atoms with Crippen molar-refractivity contribution >= 4 is 29.7 Å². The van der Waals surface area contributed by atoms with Gasteiger partial charge in [0.2, 0.25) is 0 Å². The first-order valence-corrected chi connectivity index (χ1v) is 9.46. The highest BCUT2D eigenvalue weighted by molar-refractivity contribution is 7.99. The molecule has 1 aliphatic heterocycles. The maximum absolute atomic E-state index is 11.6. The Labute approximate surface area is 161 Å². The quantitative estimate of drug-likeness (QED) is 0.545. The average molecular weight is 397 g/mol. The lowest BCUT2D eigenvalue weighted by atomic mass is 10.1. The highest BCUT2D eigenvalue weighted by atomic mass is 32.2. The van der Waals surface area contributed by atoms with Crippen molar-refractivity contribution < 1.29 is 33.3 Å². The molecule has 0 unspecified atom stereocenters. The molecular formula is C18H23NO7S. The molecule has 0 bridgehead atoms. The topological polar surface area (TPSA) is 101 Å². The first-order chi connectivity index (χ1) is 12.7. The Hall–Kier alpha value is -2.29. The second-order valence-electron chi connectivity index (χ2n) is 6.15. The zero-order chi connectivity index (χ0) is 20.1. The Morgan fingerprint density at radius 2 is 1.56 bits per heavy atom. The number of ether oxygens (including phenoxy) is 4. The second kappa shape index (κ2) is 9.07. The lowest BCUT2D eigenvalue weighted by Gasteiger charge is -2.40. The number of aryl methyl sites for hydroxylation is 2. The lowest BCUT2D eigenvalue weighted by Crippen LogP contribution is -2.55. The summed E-state index contributed by atoms with van der Waals surface area (Å²) in [4.78, 5) is 39.0. The summed E-state index contributed by atoms with van der Waals surface area (Å²) in [6, 6.07) is 3.59. The van der Waals surface area contributed by atoms with Gasteiger partial charge in [0.05, 0.1) is 5.69 Å². The Bertz CT molecular complexity index is 724. The summed E-state index contributed by atoms with van der Waals surface area (Å²) in [5, 5.41) is 0. The van der Waals surface area contributed by atoms with Crippen LogP contribution in [0.25, 0.3) is 0 Å². The number of thioether (sulfide) groups is 1. The van der Waals surface area contributed by atoms with Gasteiger partial charge in [0.1, 0.15) is 5.75 Å². The summed E-state index contributed by atoms with van der Waals surface area (Å²) in [7, 11) is 0. The van der Waals surface area contributed by atoms with E-state index in [4.69, 9.17) is 18.9 Å². The summed E-state index contributed by atoms with van der Waals surface area (Å²) in [6.07, 6.45) is -2.67. The van der Waals surface area contributed by atoms with Gasteiger partial charge in [-0.15, -0.1) is 11.8 Å². The molecule has 148 valence electrons. The maximum Gasteiger partial charge on any atom is 0.303 e. The summed E-state index contributed by atoms with van der Waals surface area (Å²) in [5.74, 6) is -0.806. The van der Waals surface area contributed by atoms with E-state index in [2.05, 4.69) is 4.98 Å². The smallest absolute Gasteiger partial charge is 0.303 e. The molecule has 0 aromatic carbocycles. The molecule has 0 amide bonds. The third-order valence-electron chi connectivity index (χ3n) is 3.72. The van der Waals surface area contributed by atoms with E-state index >= 15 is 0 Å².